The Bertz CT molecular complexity index is 345. The maximum Gasteiger partial charge on any atom is 0.342 e. The van der Waals surface area contributed by atoms with Gasteiger partial charge in [-0.3, -0.25) is 0 Å². The predicted molar refractivity (Wildman–Crippen MR) is 60.5 cm³/mol. The van der Waals surface area contributed by atoms with Gasteiger partial charge in [-0.05, 0) is 34.3 Å². The van der Waals surface area contributed by atoms with E-state index in [0.29, 0.717) is 9.35 Å². The van der Waals surface area contributed by atoms with Crippen molar-refractivity contribution >= 4 is 33.2 Å². The second-order valence-electron chi connectivity index (χ2n) is 2.81. The highest BCUT2D eigenvalue weighted by molar-refractivity contribution is 9.10. The van der Waals surface area contributed by atoms with E-state index in [4.69, 9.17) is 5.73 Å². The largest absolute Gasteiger partial charge is 0.464 e. The van der Waals surface area contributed by atoms with Crippen LogP contribution in [0.25, 0.3) is 0 Å². The van der Waals surface area contributed by atoms with Crippen molar-refractivity contribution < 1.29 is 13.9 Å². The van der Waals surface area contributed by atoms with E-state index in [1.54, 1.807) is 18.4 Å². The fourth-order valence-electron chi connectivity index (χ4n) is 1.04. The van der Waals surface area contributed by atoms with Gasteiger partial charge in [-0.2, -0.15) is 0 Å². The molecule has 0 bridgehead atoms. The van der Waals surface area contributed by atoms with Gasteiger partial charge in [0, 0.05) is 9.35 Å². The number of halogens is 2. The van der Waals surface area contributed by atoms with Crippen molar-refractivity contribution in [3.63, 3.8) is 0 Å². The van der Waals surface area contributed by atoms with E-state index in [0.717, 1.165) is 0 Å². The van der Waals surface area contributed by atoms with Crippen molar-refractivity contribution in [2.24, 2.45) is 5.73 Å². The molecule has 0 aromatic carbocycles. The molecule has 2 N–H and O–H groups in total. The molecule has 0 saturated heterocycles. The smallest absolute Gasteiger partial charge is 0.342 e. The molecule has 0 amide bonds. The summed E-state index contributed by atoms with van der Waals surface area (Å²) in [6, 6.07) is 0.788. The summed E-state index contributed by atoms with van der Waals surface area (Å²) in [4.78, 5) is 11.7. The van der Waals surface area contributed by atoms with Gasteiger partial charge in [-0.25, -0.2) is 9.18 Å². The molecule has 1 unspecified atom stereocenters. The first-order valence-electron chi connectivity index (χ1n) is 4.37. The summed E-state index contributed by atoms with van der Waals surface area (Å²) >= 11 is 4.54. The summed E-state index contributed by atoms with van der Waals surface area (Å²) in [5.74, 6) is -0.912. The van der Waals surface area contributed by atoms with Crippen LogP contribution in [0.15, 0.2) is 15.9 Å². The van der Waals surface area contributed by atoms with Gasteiger partial charge >= 0.3 is 5.97 Å². The van der Waals surface area contributed by atoms with E-state index < -0.39 is 18.2 Å². The molecule has 1 aromatic rings. The third-order valence-electron chi connectivity index (χ3n) is 1.77. The van der Waals surface area contributed by atoms with Crippen LogP contribution in [-0.2, 0) is 9.53 Å². The zero-order valence-corrected chi connectivity index (χ0v) is 10.5. The lowest BCUT2D eigenvalue weighted by atomic mass is 10.1. The SMILES string of the molecule is CCOC(=O)C(F)[C@H](N)c1sccc1Br. The molecule has 0 radical (unpaired) electrons. The van der Waals surface area contributed by atoms with Crippen LogP contribution in [0.1, 0.15) is 17.8 Å². The molecular weight excluding hydrogens is 285 g/mol. The lowest BCUT2D eigenvalue weighted by molar-refractivity contribution is -0.149. The fourth-order valence-corrected chi connectivity index (χ4v) is 2.70. The number of hydrogen-bond acceptors (Lipinski definition) is 4. The molecule has 1 rings (SSSR count). The first-order chi connectivity index (χ1) is 7.07. The van der Waals surface area contributed by atoms with E-state index in [-0.39, 0.29) is 6.61 Å². The minimum Gasteiger partial charge on any atom is -0.464 e. The summed E-state index contributed by atoms with van der Waals surface area (Å²) < 4.78 is 18.8. The molecule has 0 aliphatic rings. The molecule has 1 aromatic heterocycles. The summed E-state index contributed by atoms with van der Waals surface area (Å²) in [7, 11) is 0. The molecule has 15 heavy (non-hydrogen) atoms. The van der Waals surface area contributed by atoms with Gasteiger partial charge in [-0.1, -0.05) is 0 Å². The van der Waals surface area contributed by atoms with Crippen molar-refractivity contribution in [3.05, 3.63) is 20.8 Å². The van der Waals surface area contributed by atoms with E-state index in [1.807, 2.05) is 0 Å². The van der Waals surface area contributed by atoms with E-state index in [1.165, 1.54) is 11.3 Å². The van der Waals surface area contributed by atoms with Crippen LogP contribution in [0.3, 0.4) is 0 Å². The zero-order chi connectivity index (χ0) is 11.4. The van der Waals surface area contributed by atoms with Crippen LogP contribution >= 0.6 is 27.3 Å². The maximum atomic E-state index is 13.5. The predicted octanol–water partition coefficient (Wildman–Crippen LogP) is 2.41. The number of nitrogens with two attached hydrogens (primary N) is 1. The normalized spacial score (nSPS) is 14.7. The van der Waals surface area contributed by atoms with E-state index in [9.17, 15) is 9.18 Å². The topological polar surface area (TPSA) is 52.3 Å². The number of ether oxygens (including phenoxy) is 1. The third kappa shape index (κ3) is 2.99. The zero-order valence-electron chi connectivity index (χ0n) is 8.07. The second kappa shape index (κ2) is 5.58. The van der Waals surface area contributed by atoms with Crippen LogP contribution in [0.4, 0.5) is 4.39 Å². The van der Waals surface area contributed by atoms with E-state index >= 15 is 0 Å². The maximum absolute atomic E-state index is 13.5. The Morgan fingerprint density at radius 3 is 2.93 bits per heavy atom. The Kier molecular flexibility index (Phi) is 4.69. The highest BCUT2D eigenvalue weighted by Gasteiger charge is 2.29. The summed E-state index contributed by atoms with van der Waals surface area (Å²) in [5.41, 5.74) is 5.62. The number of carbonyl (C=O) groups is 1. The molecule has 0 saturated carbocycles. The highest BCUT2D eigenvalue weighted by atomic mass is 79.9. The van der Waals surface area contributed by atoms with Crippen LogP contribution in [0.5, 0.6) is 0 Å². The lowest BCUT2D eigenvalue weighted by Crippen LogP contribution is -2.31. The highest BCUT2D eigenvalue weighted by Crippen LogP contribution is 2.30. The average molecular weight is 296 g/mol. The van der Waals surface area contributed by atoms with Gasteiger partial charge in [-0.15, -0.1) is 11.3 Å². The molecular formula is C9H11BrFNO2S. The Labute approximate surface area is 99.5 Å². The number of esters is 1. The molecule has 6 heteroatoms. The number of hydrogen-bond donors (Lipinski definition) is 1. The van der Waals surface area contributed by atoms with Crippen molar-refractivity contribution in [1.29, 1.82) is 0 Å². The first-order valence-corrected chi connectivity index (χ1v) is 6.04. The Morgan fingerprint density at radius 1 is 1.80 bits per heavy atom. The quantitative estimate of drug-likeness (QED) is 0.868. The second-order valence-corrected chi connectivity index (χ2v) is 4.61. The molecule has 0 aliphatic heterocycles. The number of carbonyl (C=O) groups excluding carboxylic acids is 1. The van der Waals surface area contributed by atoms with Crippen molar-refractivity contribution in [3.8, 4) is 0 Å². The molecule has 0 aliphatic carbocycles. The molecule has 3 nitrogen and oxygen atoms in total. The Balaban J connectivity index is 2.72. The van der Waals surface area contributed by atoms with Crippen LogP contribution in [0.2, 0.25) is 0 Å². The molecule has 1 heterocycles. The van der Waals surface area contributed by atoms with Crippen LogP contribution < -0.4 is 5.73 Å². The van der Waals surface area contributed by atoms with Crippen LogP contribution in [-0.4, -0.2) is 18.7 Å². The Hall–Kier alpha value is -0.460. The van der Waals surface area contributed by atoms with Crippen molar-refractivity contribution in [1.82, 2.24) is 0 Å². The fraction of sp³-hybridized carbons (Fsp3) is 0.444. The van der Waals surface area contributed by atoms with E-state index in [2.05, 4.69) is 20.7 Å². The van der Waals surface area contributed by atoms with Gasteiger partial charge < -0.3 is 10.5 Å². The number of thiophene rings is 1. The first kappa shape index (κ1) is 12.6. The molecule has 0 spiro atoms. The van der Waals surface area contributed by atoms with Crippen molar-refractivity contribution in [2.45, 2.75) is 19.1 Å². The van der Waals surface area contributed by atoms with Gasteiger partial charge in [0.2, 0.25) is 6.17 Å². The molecule has 0 fully saturated rings. The van der Waals surface area contributed by atoms with Crippen molar-refractivity contribution in [2.75, 3.05) is 6.61 Å². The summed E-state index contributed by atoms with van der Waals surface area (Å²) in [6.07, 6.45) is -1.82. The van der Waals surface area contributed by atoms with Gasteiger partial charge in [0.15, 0.2) is 0 Å². The molecule has 2 atom stereocenters. The summed E-state index contributed by atoms with van der Waals surface area (Å²) in [5, 5.41) is 1.77. The Morgan fingerprint density at radius 2 is 2.47 bits per heavy atom. The van der Waals surface area contributed by atoms with Gasteiger partial charge in [0.1, 0.15) is 0 Å². The minimum absolute atomic E-state index is 0.150. The molecule has 84 valence electrons. The summed E-state index contributed by atoms with van der Waals surface area (Å²) in [6.45, 7) is 1.77. The lowest BCUT2D eigenvalue weighted by Gasteiger charge is -2.14. The monoisotopic (exact) mass is 295 g/mol. The van der Waals surface area contributed by atoms with Gasteiger partial charge in [0.05, 0.1) is 12.6 Å². The average Bonchev–Trinajstić information content (AvgIpc) is 2.62. The number of rotatable bonds is 4. The van der Waals surface area contributed by atoms with Gasteiger partial charge in [0.25, 0.3) is 0 Å². The van der Waals surface area contributed by atoms with Crippen LogP contribution in [0, 0.1) is 0 Å². The third-order valence-corrected chi connectivity index (χ3v) is 3.75. The standard InChI is InChI=1S/C9H11BrFNO2S/c1-2-14-9(13)6(11)7(12)8-5(10)3-4-15-8/h3-4,6-7H,2,12H2,1H3/t6?,7-/m0/s1. The number of alkyl halides is 1. The minimum atomic E-state index is -1.82.